The fourth-order valence-electron chi connectivity index (χ4n) is 2.65. The first-order valence-electron chi connectivity index (χ1n) is 8.78. The van der Waals surface area contributed by atoms with Gasteiger partial charge in [-0.1, -0.05) is 41.4 Å². The van der Waals surface area contributed by atoms with Gasteiger partial charge < -0.3 is 9.47 Å². The lowest BCUT2D eigenvalue weighted by atomic mass is 10.1. The summed E-state index contributed by atoms with van der Waals surface area (Å²) in [5.41, 5.74) is 2.94. The highest BCUT2D eigenvalue weighted by molar-refractivity contribution is 6.32. The van der Waals surface area contributed by atoms with E-state index < -0.39 is 5.97 Å². The molecule has 0 fully saturated rings. The van der Waals surface area contributed by atoms with Crippen LogP contribution in [-0.2, 0) is 11.3 Å². The molecule has 0 N–H and O–H groups in total. The number of hydrogen-bond donors (Lipinski definition) is 0. The number of nitrogens with zero attached hydrogens (tertiary/aromatic N) is 2. The van der Waals surface area contributed by atoms with Crippen molar-refractivity contribution in [3.63, 3.8) is 0 Å². The third-order valence-corrected chi connectivity index (χ3v) is 4.51. The number of aryl methyl sites for hydroxylation is 2. The molecular weight excluding hydrogens is 383 g/mol. The number of carbonyl (C=O) groups is 1. The molecule has 0 spiro atoms. The summed E-state index contributed by atoms with van der Waals surface area (Å²) < 4.78 is 25.1. The van der Waals surface area contributed by atoms with Crippen molar-refractivity contribution in [2.45, 2.75) is 20.4 Å². The molecule has 3 aromatic rings. The fraction of sp³-hybridized carbons (Fsp3) is 0.238. The van der Waals surface area contributed by atoms with E-state index in [4.69, 9.17) is 21.1 Å². The topological polar surface area (TPSA) is 53.4 Å². The van der Waals surface area contributed by atoms with E-state index in [0.29, 0.717) is 18.0 Å². The van der Waals surface area contributed by atoms with E-state index in [1.54, 1.807) is 11.6 Å². The molecule has 0 amide bonds. The van der Waals surface area contributed by atoms with E-state index in [1.165, 1.54) is 29.8 Å². The van der Waals surface area contributed by atoms with E-state index in [0.717, 1.165) is 5.56 Å². The molecule has 0 saturated carbocycles. The van der Waals surface area contributed by atoms with Crippen LogP contribution in [0.5, 0.6) is 5.75 Å². The van der Waals surface area contributed by atoms with Crippen molar-refractivity contribution in [3.05, 3.63) is 81.9 Å². The van der Waals surface area contributed by atoms with E-state index >= 15 is 0 Å². The zero-order chi connectivity index (χ0) is 20.1. The number of aromatic nitrogens is 2. The summed E-state index contributed by atoms with van der Waals surface area (Å²) in [4.78, 5) is 12.4. The molecular formula is C21H20ClFN2O3. The number of ether oxygens (including phenoxy) is 2. The normalized spacial score (nSPS) is 10.7. The quantitative estimate of drug-likeness (QED) is 0.429. The van der Waals surface area contributed by atoms with Gasteiger partial charge >= 0.3 is 5.97 Å². The molecule has 28 heavy (non-hydrogen) atoms. The first kappa shape index (κ1) is 19.9. The largest absolute Gasteiger partial charge is 0.490 e. The minimum absolute atomic E-state index is 0.0368. The van der Waals surface area contributed by atoms with E-state index in [1.807, 2.05) is 31.2 Å². The molecule has 7 heteroatoms. The third-order valence-electron chi connectivity index (χ3n) is 4.12. The molecule has 2 aromatic carbocycles. The summed E-state index contributed by atoms with van der Waals surface area (Å²) in [6.45, 7) is 4.37. The summed E-state index contributed by atoms with van der Waals surface area (Å²) >= 11 is 6.36. The molecule has 0 radical (unpaired) electrons. The number of halogens is 2. The van der Waals surface area contributed by atoms with Crippen molar-refractivity contribution in [1.82, 2.24) is 9.78 Å². The van der Waals surface area contributed by atoms with Crippen molar-refractivity contribution in [2.75, 3.05) is 13.2 Å². The van der Waals surface area contributed by atoms with Crippen LogP contribution in [0.2, 0.25) is 5.15 Å². The molecule has 0 bridgehead atoms. The lowest BCUT2D eigenvalue weighted by Crippen LogP contribution is -2.13. The molecule has 0 aliphatic carbocycles. The maximum Gasteiger partial charge on any atom is 0.343 e. The summed E-state index contributed by atoms with van der Waals surface area (Å²) in [6, 6.07) is 13.6. The van der Waals surface area contributed by atoms with Crippen molar-refractivity contribution >= 4 is 17.6 Å². The molecule has 0 unspecified atom stereocenters. The molecule has 0 atom stereocenters. The summed E-state index contributed by atoms with van der Waals surface area (Å²) in [5, 5.41) is 4.59. The minimum Gasteiger partial charge on any atom is -0.490 e. The standard InChI is InChI=1S/C21H20ClFN2O3/c1-14-3-5-16(6-4-14)13-25-20(22)19(15(2)24-25)21(26)28-12-11-27-18-9-7-17(23)8-10-18/h3-10H,11-13H2,1-2H3. The second-order valence-corrected chi connectivity index (χ2v) is 6.69. The first-order valence-corrected chi connectivity index (χ1v) is 9.16. The number of benzene rings is 2. The fourth-order valence-corrected chi connectivity index (χ4v) is 2.96. The first-order chi connectivity index (χ1) is 13.4. The van der Waals surface area contributed by atoms with Gasteiger partial charge in [0.1, 0.15) is 35.5 Å². The maximum absolute atomic E-state index is 12.9. The number of esters is 1. The highest BCUT2D eigenvalue weighted by Gasteiger charge is 2.21. The van der Waals surface area contributed by atoms with Gasteiger partial charge in [0.25, 0.3) is 0 Å². The Labute approximate surface area is 167 Å². The van der Waals surface area contributed by atoms with Crippen LogP contribution in [0.25, 0.3) is 0 Å². The van der Waals surface area contributed by atoms with Crippen LogP contribution in [0.15, 0.2) is 48.5 Å². The number of rotatable bonds is 7. The van der Waals surface area contributed by atoms with Gasteiger partial charge in [0.05, 0.1) is 12.2 Å². The molecule has 146 valence electrons. The predicted octanol–water partition coefficient (Wildman–Crippen LogP) is 4.58. The van der Waals surface area contributed by atoms with Crippen LogP contribution >= 0.6 is 11.6 Å². The third kappa shape index (κ3) is 4.89. The number of carbonyl (C=O) groups excluding carboxylic acids is 1. The average Bonchev–Trinajstić information content (AvgIpc) is 2.95. The Bertz CT molecular complexity index is 953. The summed E-state index contributed by atoms with van der Waals surface area (Å²) in [7, 11) is 0. The van der Waals surface area contributed by atoms with E-state index in [-0.39, 0.29) is 29.7 Å². The van der Waals surface area contributed by atoms with Gasteiger partial charge in [-0.3, -0.25) is 0 Å². The smallest absolute Gasteiger partial charge is 0.343 e. The van der Waals surface area contributed by atoms with Crippen molar-refractivity contribution < 1.29 is 18.7 Å². The Hall–Kier alpha value is -2.86. The molecule has 0 aliphatic heterocycles. The molecule has 3 rings (SSSR count). The Kier molecular flexibility index (Phi) is 6.31. The lowest BCUT2D eigenvalue weighted by molar-refractivity contribution is 0.0449. The lowest BCUT2D eigenvalue weighted by Gasteiger charge is -2.07. The zero-order valence-electron chi connectivity index (χ0n) is 15.6. The molecule has 1 heterocycles. The van der Waals surface area contributed by atoms with Crippen LogP contribution < -0.4 is 4.74 Å². The maximum atomic E-state index is 12.9. The van der Waals surface area contributed by atoms with Crippen LogP contribution in [0.4, 0.5) is 4.39 Å². The minimum atomic E-state index is -0.555. The highest BCUT2D eigenvalue weighted by Crippen LogP contribution is 2.22. The molecule has 1 aromatic heterocycles. The van der Waals surface area contributed by atoms with Gasteiger partial charge in [-0.2, -0.15) is 5.10 Å². The van der Waals surface area contributed by atoms with Crippen LogP contribution in [-0.4, -0.2) is 29.0 Å². The second-order valence-electron chi connectivity index (χ2n) is 6.33. The van der Waals surface area contributed by atoms with Gasteiger partial charge in [-0.25, -0.2) is 13.9 Å². The molecule has 0 aliphatic rings. The van der Waals surface area contributed by atoms with Gasteiger partial charge in [0.15, 0.2) is 0 Å². The zero-order valence-corrected chi connectivity index (χ0v) is 16.4. The van der Waals surface area contributed by atoms with Gasteiger partial charge in [-0.15, -0.1) is 0 Å². The van der Waals surface area contributed by atoms with E-state index in [2.05, 4.69) is 5.10 Å². The van der Waals surface area contributed by atoms with Gasteiger partial charge in [0.2, 0.25) is 0 Å². The average molecular weight is 403 g/mol. The van der Waals surface area contributed by atoms with Crippen molar-refractivity contribution in [2.24, 2.45) is 0 Å². The Morgan fingerprint density at radius 1 is 1.07 bits per heavy atom. The monoisotopic (exact) mass is 402 g/mol. The SMILES string of the molecule is Cc1ccc(Cn2nc(C)c(C(=O)OCCOc3ccc(F)cc3)c2Cl)cc1. The van der Waals surface area contributed by atoms with Crippen molar-refractivity contribution in [3.8, 4) is 5.75 Å². The van der Waals surface area contributed by atoms with Gasteiger partial charge in [-0.05, 0) is 43.7 Å². The Morgan fingerprint density at radius 3 is 2.43 bits per heavy atom. The van der Waals surface area contributed by atoms with Crippen LogP contribution in [0, 0.1) is 19.7 Å². The second kappa shape index (κ2) is 8.89. The highest BCUT2D eigenvalue weighted by atomic mass is 35.5. The van der Waals surface area contributed by atoms with Crippen LogP contribution in [0.3, 0.4) is 0 Å². The van der Waals surface area contributed by atoms with Gasteiger partial charge in [0, 0.05) is 0 Å². The molecule has 5 nitrogen and oxygen atoms in total. The number of hydrogen-bond acceptors (Lipinski definition) is 4. The Balaban J connectivity index is 1.58. The summed E-state index contributed by atoms with van der Waals surface area (Å²) in [5.74, 6) is -0.399. The van der Waals surface area contributed by atoms with Crippen molar-refractivity contribution in [1.29, 1.82) is 0 Å². The van der Waals surface area contributed by atoms with Crippen LogP contribution in [0.1, 0.15) is 27.2 Å². The molecule has 0 saturated heterocycles. The summed E-state index contributed by atoms with van der Waals surface area (Å²) in [6.07, 6.45) is 0. The Morgan fingerprint density at radius 2 is 1.75 bits per heavy atom. The van der Waals surface area contributed by atoms with E-state index in [9.17, 15) is 9.18 Å². The predicted molar refractivity (Wildman–Crippen MR) is 104 cm³/mol.